The second-order valence-corrected chi connectivity index (χ2v) is 10.3. The number of hydrogen-bond donors (Lipinski definition) is 0. The van der Waals surface area contributed by atoms with E-state index in [9.17, 15) is 8.42 Å². The summed E-state index contributed by atoms with van der Waals surface area (Å²) in [6.07, 6.45) is 5.73. The fourth-order valence-corrected chi connectivity index (χ4v) is 5.55. The predicted octanol–water partition coefficient (Wildman–Crippen LogP) is 3.16. The summed E-state index contributed by atoms with van der Waals surface area (Å²) in [4.78, 5) is 4.69. The van der Waals surface area contributed by atoms with E-state index >= 15 is 0 Å². The highest BCUT2D eigenvalue weighted by Gasteiger charge is 2.29. The summed E-state index contributed by atoms with van der Waals surface area (Å²) in [5, 5.41) is 8.83. The Balaban J connectivity index is 1.33. The van der Waals surface area contributed by atoms with Gasteiger partial charge >= 0.3 is 0 Å². The fraction of sp³-hybridized carbons (Fsp3) is 0.565. The summed E-state index contributed by atoms with van der Waals surface area (Å²) < 4.78 is 33.3. The minimum absolute atomic E-state index is 0.305. The van der Waals surface area contributed by atoms with Crippen molar-refractivity contribution in [3.8, 4) is 5.75 Å². The van der Waals surface area contributed by atoms with Gasteiger partial charge in [0.05, 0.1) is 11.5 Å². The predicted molar refractivity (Wildman–Crippen MR) is 126 cm³/mol. The molecule has 0 N–H and O–H groups in total. The van der Waals surface area contributed by atoms with Crippen LogP contribution in [-0.2, 0) is 10.0 Å². The molecule has 2 saturated heterocycles. The smallest absolute Gasteiger partial charge is 0.243 e. The third-order valence-corrected chi connectivity index (χ3v) is 8.02. The number of piperidine rings is 1. The molecule has 0 saturated carbocycles. The quantitative estimate of drug-likeness (QED) is 0.561. The van der Waals surface area contributed by atoms with E-state index in [0.717, 1.165) is 37.6 Å². The molecule has 0 aliphatic carbocycles. The zero-order valence-electron chi connectivity index (χ0n) is 18.8. The lowest BCUT2D eigenvalue weighted by atomic mass is 10.1. The molecule has 2 aromatic rings. The first-order chi connectivity index (χ1) is 15.6. The molecule has 0 atom stereocenters. The Kier molecular flexibility index (Phi) is 7.47. The molecule has 8 nitrogen and oxygen atoms in total. The van der Waals surface area contributed by atoms with Gasteiger partial charge in [-0.2, -0.15) is 4.31 Å². The standard InChI is InChI=1S/C23H33N5O3S/c1-2-3-19-31-20-7-9-21(10-8-20)32(29,30)28-17-15-27(16-18-28)23-12-11-22(24-25-23)26-13-5-4-6-14-26/h7-12H,2-6,13-19H2,1H3. The van der Waals surface area contributed by atoms with Crippen LogP contribution in [0.3, 0.4) is 0 Å². The third kappa shape index (κ3) is 5.32. The zero-order valence-corrected chi connectivity index (χ0v) is 19.6. The summed E-state index contributed by atoms with van der Waals surface area (Å²) in [5.41, 5.74) is 0. The molecular weight excluding hydrogens is 426 g/mol. The molecule has 4 rings (SSSR count). The molecule has 2 aliphatic rings. The van der Waals surface area contributed by atoms with Crippen molar-refractivity contribution in [1.29, 1.82) is 0 Å². The van der Waals surface area contributed by atoms with Gasteiger partial charge in [0.2, 0.25) is 10.0 Å². The van der Waals surface area contributed by atoms with E-state index in [4.69, 9.17) is 4.74 Å². The largest absolute Gasteiger partial charge is 0.494 e. The molecule has 0 radical (unpaired) electrons. The monoisotopic (exact) mass is 459 g/mol. The first-order valence-electron chi connectivity index (χ1n) is 11.6. The molecule has 174 valence electrons. The SMILES string of the molecule is CCCCOc1ccc(S(=O)(=O)N2CCN(c3ccc(N4CCCCC4)nn3)CC2)cc1. The number of unbranched alkanes of at least 4 members (excludes halogenated alkanes) is 1. The maximum Gasteiger partial charge on any atom is 0.243 e. The summed E-state index contributed by atoms with van der Waals surface area (Å²) in [6, 6.07) is 10.8. The maximum absolute atomic E-state index is 13.1. The van der Waals surface area contributed by atoms with E-state index in [2.05, 4.69) is 26.9 Å². The Morgan fingerprint density at radius 3 is 1.97 bits per heavy atom. The molecule has 1 aromatic carbocycles. The van der Waals surface area contributed by atoms with Gasteiger partial charge in [-0.25, -0.2) is 8.42 Å². The van der Waals surface area contributed by atoms with E-state index in [1.54, 1.807) is 28.6 Å². The molecule has 9 heteroatoms. The van der Waals surface area contributed by atoms with Gasteiger partial charge in [-0.3, -0.25) is 0 Å². The van der Waals surface area contributed by atoms with E-state index < -0.39 is 10.0 Å². The van der Waals surface area contributed by atoms with Crippen molar-refractivity contribution in [3.05, 3.63) is 36.4 Å². The van der Waals surface area contributed by atoms with Gasteiger partial charge < -0.3 is 14.5 Å². The number of piperazine rings is 1. The first kappa shape index (κ1) is 22.8. The van der Waals surface area contributed by atoms with Crippen molar-refractivity contribution in [3.63, 3.8) is 0 Å². The summed E-state index contributed by atoms with van der Waals surface area (Å²) in [5.74, 6) is 2.43. The molecule has 0 amide bonds. The van der Waals surface area contributed by atoms with Crippen LogP contribution >= 0.6 is 0 Å². The van der Waals surface area contributed by atoms with Gasteiger partial charge in [0.1, 0.15) is 5.75 Å². The third-order valence-electron chi connectivity index (χ3n) is 6.11. The van der Waals surface area contributed by atoms with Crippen molar-refractivity contribution >= 4 is 21.7 Å². The van der Waals surface area contributed by atoms with Crippen LogP contribution < -0.4 is 14.5 Å². The Bertz CT molecular complexity index is 952. The Labute approximate surface area is 191 Å². The lowest BCUT2D eigenvalue weighted by Crippen LogP contribution is -2.49. The van der Waals surface area contributed by atoms with Crippen LogP contribution in [0, 0.1) is 0 Å². The molecule has 0 unspecified atom stereocenters. The summed E-state index contributed by atoms with van der Waals surface area (Å²) >= 11 is 0. The van der Waals surface area contributed by atoms with Crippen molar-refractivity contribution in [2.75, 3.05) is 55.7 Å². The average Bonchev–Trinajstić information content (AvgIpc) is 2.85. The van der Waals surface area contributed by atoms with Crippen molar-refractivity contribution in [2.45, 2.75) is 43.9 Å². The van der Waals surface area contributed by atoms with Crippen molar-refractivity contribution in [2.24, 2.45) is 0 Å². The van der Waals surface area contributed by atoms with Crippen LogP contribution in [0.4, 0.5) is 11.6 Å². The lowest BCUT2D eigenvalue weighted by molar-refractivity contribution is 0.309. The molecule has 3 heterocycles. The second kappa shape index (κ2) is 10.5. The number of hydrogen-bond acceptors (Lipinski definition) is 7. The van der Waals surface area contributed by atoms with Gasteiger partial charge in [-0.05, 0) is 62.1 Å². The molecule has 2 aliphatic heterocycles. The number of benzene rings is 1. The van der Waals surface area contributed by atoms with Crippen LogP contribution in [-0.4, -0.2) is 68.8 Å². The number of rotatable bonds is 8. The molecule has 1 aromatic heterocycles. The van der Waals surface area contributed by atoms with E-state index in [1.807, 2.05) is 12.1 Å². The molecule has 0 bridgehead atoms. The molecule has 0 spiro atoms. The second-order valence-electron chi connectivity index (χ2n) is 8.36. The van der Waals surface area contributed by atoms with E-state index in [-0.39, 0.29) is 0 Å². The Hall–Kier alpha value is -2.39. The number of aromatic nitrogens is 2. The molecular formula is C23H33N5O3S. The normalized spacial score (nSPS) is 18.0. The fourth-order valence-electron chi connectivity index (χ4n) is 4.13. The van der Waals surface area contributed by atoms with E-state index in [1.165, 1.54) is 19.3 Å². The van der Waals surface area contributed by atoms with Crippen LogP contribution in [0.5, 0.6) is 5.75 Å². The Morgan fingerprint density at radius 1 is 0.812 bits per heavy atom. The summed E-state index contributed by atoms with van der Waals surface area (Å²) in [7, 11) is -3.52. The molecule has 2 fully saturated rings. The minimum atomic E-state index is -3.52. The van der Waals surface area contributed by atoms with Crippen LogP contribution in [0.1, 0.15) is 39.0 Å². The van der Waals surface area contributed by atoms with Crippen molar-refractivity contribution in [1.82, 2.24) is 14.5 Å². The number of nitrogens with zero attached hydrogens (tertiary/aromatic N) is 5. The number of ether oxygens (including phenoxy) is 1. The highest BCUT2D eigenvalue weighted by atomic mass is 32.2. The maximum atomic E-state index is 13.1. The van der Waals surface area contributed by atoms with Crippen LogP contribution in [0.25, 0.3) is 0 Å². The van der Waals surface area contributed by atoms with Gasteiger partial charge in [-0.15, -0.1) is 10.2 Å². The summed E-state index contributed by atoms with van der Waals surface area (Å²) in [6.45, 7) is 6.86. The highest BCUT2D eigenvalue weighted by Crippen LogP contribution is 2.23. The first-order valence-corrected chi connectivity index (χ1v) is 13.1. The van der Waals surface area contributed by atoms with Gasteiger partial charge in [-0.1, -0.05) is 13.3 Å². The number of sulfonamides is 1. The van der Waals surface area contributed by atoms with E-state index in [0.29, 0.717) is 43.4 Å². The van der Waals surface area contributed by atoms with Crippen molar-refractivity contribution < 1.29 is 13.2 Å². The average molecular weight is 460 g/mol. The van der Waals surface area contributed by atoms with Crippen LogP contribution in [0.15, 0.2) is 41.3 Å². The van der Waals surface area contributed by atoms with Gasteiger partial charge in [0.15, 0.2) is 11.6 Å². The minimum Gasteiger partial charge on any atom is -0.494 e. The highest BCUT2D eigenvalue weighted by molar-refractivity contribution is 7.89. The topological polar surface area (TPSA) is 78.9 Å². The number of anilines is 2. The Morgan fingerprint density at radius 2 is 1.41 bits per heavy atom. The van der Waals surface area contributed by atoms with Gasteiger partial charge in [0, 0.05) is 39.3 Å². The van der Waals surface area contributed by atoms with Gasteiger partial charge in [0.25, 0.3) is 0 Å². The molecule has 32 heavy (non-hydrogen) atoms. The lowest BCUT2D eigenvalue weighted by Gasteiger charge is -2.34. The van der Waals surface area contributed by atoms with Crippen LogP contribution in [0.2, 0.25) is 0 Å². The zero-order chi connectivity index (χ0) is 22.4.